The average molecular weight is 377 g/mol. The van der Waals surface area contributed by atoms with Gasteiger partial charge in [0, 0.05) is 18.0 Å². The van der Waals surface area contributed by atoms with Gasteiger partial charge in [-0.05, 0) is 48.8 Å². The molecule has 1 saturated carbocycles. The topological polar surface area (TPSA) is 58.6 Å². The van der Waals surface area contributed by atoms with Crippen LogP contribution in [0, 0.1) is 11.8 Å². The molecule has 3 aliphatic rings. The number of amides is 2. The van der Waals surface area contributed by atoms with Crippen LogP contribution in [0.2, 0.25) is 5.02 Å². The summed E-state index contributed by atoms with van der Waals surface area (Å²) in [6.45, 7) is 2.72. The number of hydrogen-bond donors (Lipinski definition) is 1. The molecule has 0 aromatic heterocycles. The molecule has 1 atom stereocenters. The molecule has 5 nitrogen and oxygen atoms in total. The zero-order valence-electron chi connectivity index (χ0n) is 14.9. The Bertz CT molecular complexity index is 681. The molecule has 6 heteroatoms. The number of rotatable bonds is 6. The molecule has 26 heavy (non-hydrogen) atoms. The van der Waals surface area contributed by atoms with E-state index in [4.69, 9.17) is 16.3 Å². The molecule has 1 aromatic rings. The molecular formula is C20H25ClN2O3. The Morgan fingerprint density at radius 2 is 1.92 bits per heavy atom. The maximum atomic E-state index is 12.4. The summed E-state index contributed by atoms with van der Waals surface area (Å²) in [5.41, 5.74) is 0.745. The van der Waals surface area contributed by atoms with Crippen LogP contribution in [0.25, 0.3) is 0 Å². The van der Waals surface area contributed by atoms with Gasteiger partial charge in [0.1, 0.15) is 5.60 Å². The van der Waals surface area contributed by atoms with Crippen LogP contribution in [-0.4, -0.2) is 48.6 Å². The normalized spacial score (nSPS) is 23.7. The smallest absolute Gasteiger partial charge is 0.227 e. The molecule has 2 heterocycles. The lowest BCUT2D eigenvalue weighted by Crippen LogP contribution is -2.63. The first kappa shape index (κ1) is 17.8. The fourth-order valence-electron chi connectivity index (χ4n) is 3.92. The highest BCUT2D eigenvalue weighted by Gasteiger charge is 2.51. The van der Waals surface area contributed by atoms with Gasteiger partial charge in [0.15, 0.2) is 0 Å². The van der Waals surface area contributed by atoms with E-state index in [9.17, 15) is 9.59 Å². The highest BCUT2D eigenvalue weighted by molar-refractivity contribution is 6.30. The van der Waals surface area contributed by atoms with Gasteiger partial charge in [-0.2, -0.15) is 0 Å². The number of nitrogens with zero attached hydrogens (tertiary/aromatic N) is 1. The third kappa shape index (κ3) is 4.21. The largest absolute Gasteiger partial charge is 0.371 e. The molecule has 0 bridgehead atoms. The van der Waals surface area contributed by atoms with E-state index in [-0.39, 0.29) is 23.3 Å². The molecule has 2 saturated heterocycles. The Balaban J connectivity index is 1.20. The predicted molar refractivity (Wildman–Crippen MR) is 98.9 cm³/mol. The van der Waals surface area contributed by atoms with Crippen molar-refractivity contribution in [3.05, 3.63) is 34.9 Å². The Morgan fingerprint density at radius 3 is 2.62 bits per heavy atom. The summed E-state index contributed by atoms with van der Waals surface area (Å²) in [5.74, 6) is 1.23. The molecule has 4 rings (SSSR count). The van der Waals surface area contributed by atoms with E-state index in [0.717, 1.165) is 18.5 Å². The Kier molecular flexibility index (Phi) is 4.93. The van der Waals surface area contributed by atoms with E-state index < -0.39 is 0 Å². The zero-order chi connectivity index (χ0) is 18.1. The van der Waals surface area contributed by atoms with Crippen molar-refractivity contribution in [3.8, 4) is 0 Å². The van der Waals surface area contributed by atoms with E-state index in [1.54, 1.807) is 12.1 Å². The molecule has 1 aliphatic carbocycles. The van der Waals surface area contributed by atoms with E-state index in [0.29, 0.717) is 43.5 Å². The number of carbonyl (C=O) groups is 2. The lowest BCUT2D eigenvalue weighted by atomic mass is 9.85. The second kappa shape index (κ2) is 7.20. The van der Waals surface area contributed by atoms with Crippen LogP contribution in [0.1, 0.15) is 31.2 Å². The van der Waals surface area contributed by atoms with Gasteiger partial charge in [-0.25, -0.2) is 0 Å². The molecule has 1 N–H and O–H groups in total. The molecule has 2 amide bonds. The maximum absolute atomic E-state index is 12.4. The first-order chi connectivity index (χ1) is 12.5. The van der Waals surface area contributed by atoms with Crippen LogP contribution in [-0.2, 0) is 20.7 Å². The van der Waals surface area contributed by atoms with Crippen molar-refractivity contribution in [1.82, 2.24) is 10.2 Å². The zero-order valence-corrected chi connectivity index (χ0v) is 15.6. The molecule has 140 valence electrons. The Morgan fingerprint density at radius 1 is 1.19 bits per heavy atom. The van der Waals surface area contributed by atoms with Gasteiger partial charge in [0.25, 0.3) is 0 Å². The quantitative estimate of drug-likeness (QED) is 0.829. The highest BCUT2D eigenvalue weighted by atomic mass is 35.5. The van der Waals surface area contributed by atoms with Crippen molar-refractivity contribution in [2.45, 2.75) is 37.7 Å². The monoisotopic (exact) mass is 376 g/mol. The third-order valence-electron chi connectivity index (χ3n) is 5.62. The van der Waals surface area contributed by atoms with Crippen molar-refractivity contribution in [3.63, 3.8) is 0 Å². The van der Waals surface area contributed by atoms with Gasteiger partial charge >= 0.3 is 0 Å². The summed E-state index contributed by atoms with van der Waals surface area (Å²) >= 11 is 5.88. The van der Waals surface area contributed by atoms with Crippen LogP contribution in [0.15, 0.2) is 24.3 Å². The van der Waals surface area contributed by atoms with Crippen LogP contribution in [0.5, 0.6) is 0 Å². The summed E-state index contributed by atoms with van der Waals surface area (Å²) in [4.78, 5) is 26.3. The molecular weight excluding hydrogens is 352 g/mol. The van der Waals surface area contributed by atoms with Gasteiger partial charge in [-0.1, -0.05) is 23.7 Å². The van der Waals surface area contributed by atoms with Crippen LogP contribution in [0.3, 0.4) is 0 Å². The number of benzene rings is 1. The molecule has 3 fully saturated rings. The van der Waals surface area contributed by atoms with Gasteiger partial charge in [-0.3, -0.25) is 9.59 Å². The van der Waals surface area contributed by atoms with E-state index in [2.05, 4.69) is 5.32 Å². The van der Waals surface area contributed by atoms with Crippen LogP contribution in [0.4, 0.5) is 0 Å². The van der Waals surface area contributed by atoms with E-state index in [1.807, 2.05) is 17.0 Å². The number of halogens is 1. The van der Waals surface area contributed by atoms with Gasteiger partial charge in [-0.15, -0.1) is 0 Å². The lowest BCUT2D eigenvalue weighted by Gasteiger charge is -2.47. The number of nitrogens with one attached hydrogen (secondary N) is 1. The predicted octanol–water partition coefficient (Wildman–Crippen LogP) is 2.42. The summed E-state index contributed by atoms with van der Waals surface area (Å²) in [6, 6.07) is 7.39. The molecule has 2 aliphatic heterocycles. The highest BCUT2D eigenvalue weighted by Crippen LogP contribution is 2.39. The minimum atomic E-state index is -0.225. The Hall–Kier alpha value is -1.59. The number of hydrogen-bond acceptors (Lipinski definition) is 3. The average Bonchev–Trinajstić information content (AvgIpc) is 3.32. The number of carbonyl (C=O) groups excluding carboxylic acids is 2. The molecule has 1 aromatic carbocycles. The summed E-state index contributed by atoms with van der Waals surface area (Å²) in [5, 5.41) is 3.70. The summed E-state index contributed by atoms with van der Waals surface area (Å²) in [6.07, 6.45) is 4.29. The standard InChI is InChI=1S/C20H25ClN2O3/c21-17-5-3-14(4-6-17)8-19(25)23-12-20(13-23)9-16(11-26-20)7-18(24)22-10-15-1-2-15/h3-6,15-16H,1-2,7-13H2,(H,22,24). The van der Waals surface area contributed by atoms with Gasteiger partial charge < -0.3 is 15.0 Å². The van der Waals surface area contributed by atoms with Crippen molar-refractivity contribution >= 4 is 23.4 Å². The van der Waals surface area contributed by atoms with Crippen molar-refractivity contribution in [2.24, 2.45) is 11.8 Å². The maximum Gasteiger partial charge on any atom is 0.227 e. The molecule has 1 unspecified atom stereocenters. The second-order valence-corrected chi connectivity index (χ2v) is 8.51. The number of ether oxygens (including phenoxy) is 1. The summed E-state index contributed by atoms with van der Waals surface area (Å²) in [7, 11) is 0. The van der Waals surface area contributed by atoms with Gasteiger partial charge in [0.05, 0.1) is 26.1 Å². The lowest BCUT2D eigenvalue weighted by molar-refractivity contribution is -0.157. The molecule has 0 radical (unpaired) electrons. The third-order valence-corrected chi connectivity index (χ3v) is 5.88. The van der Waals surface area contributed by atoms with Crippen molar-refractivity contribution < 1.29 is 14.3 Å². The number of likely N-dealkylation sites (tertiary alicyclic amines) is 1. The minimum Gasteiger partial charge on any atom is -0.371 e. The van der Waals surface area contributed by atoms with E-state index in [1.165, 1.54) is 12.8 Å². The van der Waals surface area contributed by atoms with Crippen molar-refractivity contribution in [2.75, 3.05) is 26.2 Å². The van der Waals surface area contributed by atoms with Crippen LogP contribution < -0.4 is 5.32 Å². The summed E-state index contributed by atoms with van der Waals surface area (Å²) < 4.78 is 5.98. The fraction of sp³-hybridized carbons (Fsp3) is 0.600. The second-order valence-electron chi connectivity index (χ2n) is 8.07. The Labute approximate surface area is 159 Å². The SMILES string of the molecule is O=C(CC1COC2(C1)CN(C(=O)Cc1ccc(Cl)cc1)C2)NCC1CC1. The van der Waals surface area contributed by atoms with Gasteiger partial charge in [0.2, 0.25) is 11.8 Å². The van der Waals surface area contributed by atoms with Crippen LogP contribution >= 0.6 is 11.6 Å². The molecule has 1 spiro atoms. The van der Waals surface area contributed by atoms with E-state index >= 15 is 0 Å². The first-order valence-corrected chi connectivity index (χ1v) is 9.82. The fourth-order valence-corrected chi connectivity index (χ4v) is 4.04. The minimum absolute atomic E-state index is 0.118. The van der Waals surface area contributed by atoms with Crippen molar-refractivity contribution in [1.29, 1.82) is 0 Å². The first-order valence-electron chi connectivity index (χ1n) is 9.44.